The second-order valence-corrected chi connectivity index (χ2v) is 5.83. The Labute approximate surface area is 109 Å². The van der Waals surface area contributed by atoms with Gasteiger partial charge in [-0.15, -0.1) is 0 Å². The highest BCUT2D eigenvalue weighted by molar-refractivity contribution is 5.65. The van der Waals surface area contributed by atoms with Crippen LogP contribution >= 0.6 is 0 Å². The lowest BCUT2D eigenvalue weighted by Gasteiger charge is -2.38. The number of methoxy groups -OCH3 is 1. The molecule has 0 saturated heterocycles. The summed E-state index contributed by atoms with van der Waals surface area (Å²) in [4.78, 5) is 2.30. The third kappa shape index (κ3) is 2.07. The molecular weight excluding hydrogens is 226 g/mol. The average Bonchev–Trinajstić information content (AvgIpc) is 2.67. The Kier molecular flexibility index (Phi) is 3.28. The van der Waals surface area contributed by atoms with E-state index in [0.29, 0.717) is 6.04 Å². The molecule has 1 heterocycles. The van der Waals surface area contributed by atoms with Crippen LogP contribution in [0.4, 0.5) is 5.69 Å². The summed E-state index contributed by atoms with van der Waals surface area (Å²) in [6.45, 7) is 8.08. The zero-order valence-electron chi connectivity index (χ0n) is 11.9. The SMILES string of the molecule is COc1cccc2c1CC(C(C)(C)O)N2C(C)C. The molecule has 0 saturated carbocycles. The van der Waals surface area contributed by atoms with Gasteiger partial charge in [0.1, 0.15) is 5.75 Å². The van der Waals surface area contributed by atoms with Crippen LogP contribution in [-0.4, -0.2) is 29.9 Å². The second-order valence-electron chi connectivity index (χ2n) is 5.83. The summed E-state index contributed by atoms with van der Waals surface area (Å²) in [7, 11) is 1.70. The second kappa shape index (κ2) is 4.47. The van der Waals surface area contributed by atoms with Crippen molar-refractivity contribution in [2.45, 2.75) is 51.8 Å². The predicted octanol–water partition coefficient (Wildman–Crippen LogP) is 2.61. The van der Waals surface area contributed by atoms with E-state index in [0.717, 1.165) is 12.2 Å². The third-order valence-corrected chi connectivity index (χ3v) is 3.71. The molecule has 0 bridgehead atoms. The molecule has 1 atom stereocenters. The summed E-state index contributed by atoms with van der Waals surface area (Å²) in [6, 6.07) is 6.58. The van der Waals surface area contributed by atoms with Crippen LogP contribution in [0.1, 0.15) is 33.3 Å². The first-order chi connectivity index (χ1) is 8.36. The number of nitrogens with zero attached hydrogens (tertiary/aromatic N) is 1. The van der Waals surface area contributed by atoms with E-state index >= 15 is 0 Å². The topological polar surface area (TPSA) is 32.7 Å². The van der Waals surface area contributed by atoms with Gasteiger partial charge in [-0.25, -0.2) is 0 Å². The first-order valence-electron chi connectivity index (χ1n) is 6.53. The normalized spacial score (nSPS) is 19.3. The molecule has 1 aliphatic rings. The Balaban J connectivity index is 2.49. The van der Waals surface area contributed by atoms with Gasteiger partial charge < -0.3 is 14.7 Å². The van der Waals surface area contributed by atoms with Crippen molar-refractivity contribution in [3.63, 3.8) is 0 Å². The molecule has 0 amide bonds. The van der Waals surface area contributed by atoms with E-state index in [1.165, 1.54) is 11.3 Å². The van der Waals surface area contributed by atoms with Gasteiger partial charge in [0.2, 0.25) is 0 Å². The van der Waals surface area contributed by atoms with E-state index < -0.39 is 5.60 Å². The van der Waals surface area contributed by atoms with Crippen molar-refractivity contribution < 1.29 is 9.84 Å². The Morgan fingerprint density at radius 3 is 2.56 bits per heavy atom. The van der Waals surface area contributed by atoms with Crippen LogP contribution < -0.4 is 9.64 Å². The maximum Gasteiger partial charge on any atom is 0.124 e. The van der Waals surface area contributed by atoms with Crippen molar-refractivity contribution >= 4 is 5.69 Å². The maximum absolute atomic E-state index is 10.4. The van der Waals surface area contributed by atoms with Crippen molar-refractivity contribution in [3.05, 3.63) is 23.8 Å². The smallest absolute Gasteiger partial charge is 0.124 e. The molecule has 0 radical (unpaired) electrons. The van der Waals surface area contributed by atoms with E-state index in [1.807, 2.05) is 26.0 Å². The molecule has 3 heteroatoms. The molecule has 1 unspecified atom stereocenters. The van der Waals surface area contributed by atoms with Gasteiger partial charge >= 0.3 is 0 Å². The molecule has 0 spiro atoms. The summed E-state index contributed by atoms with van der Waals surface area (Å²) < 4.78 is 5.44. The zero-order chi connectivity index (χ0) is 13.5. The molecule has 1 aromatic rings. The van der Waals surface area contributed by atoms with E-state index in [2.05, 4.69) is 24.8 Å². The van der Waals surface area contributed by atoms with E-state index in [-0.39, 0.29) is 6.04 Å². The molecular formula is C15H23NO2. The van der Waals surface area contributed by atoms with Gasteiger partial charge in [0.05, 0.1) is 18.8 Å². The minimum atomic E-state index is -0.728. The van der Waals surface area contributed by atoms with Gasteiger partial charge in [0.25, 0.3) is 0 Å². The number of rotatable bonds is 3. The number of aliphatic hydroxyl groups is 1. The summed E-state index contributed by atoms with van der Waals surface area (Å²) in [6.07, 6.45) is 0.834. The van der Waals surface area contributed by atoms with Crippen LogP contribution in [0, 0.1) is 0 Å². The summed E-state index contributed by atoms with van der Waals surface area (Å²) in [5, 5.41) is 10.4. The fourth-order valence-electron chi connectivity index (χ4n) is 2.88. The fourth-order valence-corrected chi connectivity index (χ4v) is 2.88. The maximum atomic E-state index is 10.4. The van der Waals surface area contributed by atoms with E-state index in [1.54, 1.807) is 7.11 Å². The predicted molar refractivity (Wildman–Crippen MR) is 74.4 cm³/mol. The lowest BCUT2D eigenvalue weighted by atomic mass is 9.94. The first-order valence-corrected chi connectivity index (χ1v) is 6.53. The molecule has 18 heavy (non-hydrogen) atoms. The highest BCUT2D eigenvalue weighted by Gasteiger charge is 2.40. The highest BCUT2D eigenvalue weighted by atomic mass is 16.5. The number of hydrogen-bond donors (Lipinski definition) is 1. The molecule has 1 aromatic carbocycles. The van der Waals surface area contributed by atoms with Gasteiger partial charge in [-0.2, -0.15) is 0 Å². The van der Waals surface area contributed by atoms with Gasteiger partial charge in [0, 0.05) is 23.7 Å². The Morgan fingerprint density at radius 2 is 2.06 bits per heavy atom. The van der Waals surface area contributed by atoms with Crippen LogP contribution in [-0.2, 0) is 6.42 Å². The van der Waals surface area contributed by atoms with Crippen molar-refractivity contribution in [3.8, 4) is 5.75 Å². The highest BCUT2D eigenvalue weighted by Crippen LogP contribution is 2.42. The Bertz CT molecular complexity index is 435. The molecule has 0 aliphatic carbocycles. The minimum absolute atomic E-state index is 0.101. The van der Waals surface area contributed by atoms with Gasteiger partial charge in [-0.3, -0.25) is 0 Å². The largest absolute Gasteiger partial charge is 0.496 e. The zero-order valence-corrected chi connectivity index (χ0v) is 11.9. The summed E-state index contributed by atoms with van der Waals surface area (Å²) >= 11 is 0. The Hall–Kier alpha value is -1.22. The lowest BCUT2D eigenvalue weighted by molar-refractivity contribution is 0.0497. The number of benzene rings is 1. The number of fused-ring (bicyclic) bond motifs is 1. The third-order valence-electron chi connectivity index (χ3n) is 3.71. The standard InChI is InChI=1S/C15H23NO2/c1-10(2)16-12-7-6-8-13(18-5)11(12)9-14(16)15(3,4)17/h6-8,10,14,17H,9H2,1-5H3. The van der Waals surface area contributed by atoms with E-state index in [9.17, 15) is 5.11 Å². The van der Waals surface area contributed by atoms with Crippen LogP contribution in [0.3, 0.4) is 0 Å². The molecule has 0 fully saturated rings. The van der Waals surface area contributed by atoms with Crippen molar-refractivity contribution in [1.29, 1.82) is 0 Å². The van der Waals surface area contributed by atoms with Crippen LogP contribution in [0.2, 0.25) is 0 Å². The van der Waals surface area contributed by atoms with Crippen molar-refractivity contribution in [1.82, 2.24) is 0 Å². The quantitative estimate of drug-likeness (QED) is 0.893. The van der Waals surface area contributed by atoms with Crippen LogP contribution in [0.15, 0.2) is 18.2 Å². The van der Waals surface area contributed by atoms with Crippen LogP contribution in [0.25, 0.3) is 0 Å². The lowest BCUT2D eigenvalue weighted by Crippen LogP contribution is -2.50. The molecule has 3 nitrogen and oxygen atoms in total. The van der Waals surface area contributed by atoms with Crippen LogP contribution in [0.5, 0.6) is 5.75 Å². The summed E-state index contributed by atoms with van der Waals surface area (Å²) in [5.41, 5.74) is 1.67. The van der Waals surface area contributed by atoms with Crippen molar-refractivity contribution in [2.75, 3.05) is 12.0 Å². The van der Waals surface area contributed by atoms with Gasteiger partial charge in [-0.05, 0) is 39.8 Å². The molecule has 1 N–H and O–H groups in total. The monoisotopic (exact) mass is 249 g/mol. The molecule has 2 rings (SSSR count). The van der Waals surface area contributed by atoms with Gasteiger partial charge in [-0.1, -0.05) is 6.07 Å². The Morgan fingerprint density at radius 1 is 1.39 bits per heavy atom. The fraction of sp³-hybridized carbons (Fsp3) is 0.600. The van der Waals surface area contributed by atoms with Gasteiger partial charge in [0.15, 0.2) is 0 Å². The number of hydrogen-bond acceptors (Lipinski definition) is 3. The number of ether oxygens (including phenoxy) is 1. The number of anilines is 1. The van der Waals surface area contributed by atoms with E-state index in [4.69, 9.17) is 4.74 Å². The first kappa shape index (κ1) is 13.2. The molecule has 0 aromatic heterocycles. The molecule has 100 valence electrons. The summed E-state index contributed by atoms with van der Waals surface area (Å²) in [5.74, 6) is 0.921. The molecule has 1 aliphatic heterocycles. The minimum Gasteiger partial charge on any atom is -0.496 e. The van der Waals surface area contributed by atoms with Crippen molar-refractivity contribution in [2.24, 2.45) is 0 Å². The average molecular weight is 249 g/mol.